The molecule has 1 N–H and O–H groups in total. The fourth-order valence-corrected chi connectivity index (χ4v) is 2.00. The van der Waals surface area contributed by atoms with Gasteiger partial charge in [-0.05, 0) is 39.7 Å². The van der Waals surface area contributed by atoms with Crippen molar-refractivity contribution in [3.8, 4) is 0 Å². The van der Waals surface area contributed by atoms with E-state index < -0.39 is 0 Å². The minimum atomic E-state index is -0.0726. The quantitative estimate of drug-likeness (QED) is 0.522. The molecule has 0 spiro atoms. The van der Waals surface area contributed by atoms with Gasteiger partial charge < -0.3 is 14.8 Å². The number of carbonyl (C=O) groups is 1. The second-order valence-corrected chi connectivity index (χ2v) is 4.91. The molecule has 1 fully saturated rings. The van der Waals surface area contributed by atoms with Gasteiger partial charge in [-0.1, -0.05) is 6.42 Å². The first kappa shape index (κ1) is 14.5. The van der Waals surface area contributed by atoms with Gasteiger partial charge in [-0.2, -0.15) is 0 Å². The van der Waals surface area contributed by atoms with E-state index in [1.54, 1.807) is 0 Å². The normalized spacial score (nSPS) is 23.9. The molecule has 1 saturated heterocycles. The Morgan fingerprint density at radius 1 is 1.41 bits per heavy atom. The Hall–Kier alpha value is -0.610. The molecule has 0 amide bonds. The molecule has 4 heteroatoms. The summed E-state index contributed by atoms with van der Waals surface area (Å²) < 4.78 is 10.2. The Morgan fingerprint density at radius 2 is 2.24 bits per heavy atom. The van der Waals surface area contributed by atoms with Crippen LogP contribution in [0, 0.1) is 0 Å². The van der Waals surface area contributed by atoms with E-state index in [-0.39, 0.29) is 11.5 Å². The molecule has 100 valence electrons. The summed E-state index contributed by atoms with van der Waals surface area (Å²) in [5.74, 6) is -0.0726. The predicted octanol–water partition coefficient (Wildman–Crippen LogP) is 1.88. The SMILES string of the molecule is CCOC(=O)CCCCCNC1(C)CCOC1. The largest absolute Gasteiger partial charge is 0.466 e. The maximum Gasteiger partial charge on any atom is 0.305 e. The van der Waals surface area contributed by atoms with Crippen LogP contribution in [0.4, 0.5) is 0 Å². The first-order valence-corrected chi connectivity index (χ1v) is 6.65. The topological polar surface area (TPSA) is 47.6 Å². The molecule has 0 aromatic rings. The van der Waals surface area contributed by atoms with Gasteiger partial charge in [0.25, 0.3) is 0 Å². The molecule has 0 bridgehead atoms. The highest BCUT2D eigenvalue weighted by atomic mass is 16.5. The Bertz CT molecular complexity index is 225. The van der Waals surface area contributed by atoms with Crippen LogP contribution in [-0.4, -0.2) is 37.9 Å². The maximum absolute atomic E-state index is 11.1. The minimum absolute atomic E-state index is 0.0726. The molecule has 1 rings (SSSR count). The van der Waals surface area contributed by atoms with Gasteiger partial charge in [0.05, 0.1) is 13.2 Å². The van der Waals surface area contributed by atoms with E-state index in [0.29, 0.717) is 13.0 Å². The summed E-state index contributed by atoms with van der Waals surface area (Å²) in [6.45, 7) is 7.22. The summed E-state index contributed by atoms with van der Waals surface area (Å²) in [4.78, 5) is 11.1. The summed E-state index contributed by atoms with van der Waals surface area (Å²) in [6.07, 6.45) is 4.75. The van der Waals surface area contributed by atoms with E-state index in [1.807, 2.05) is 6.92 Å². The summed E-state index contributed by atoms with van der Waals surface area (Å²) in [6, 6.07) is 0. The number of unbranched alkanes of at least 4 members (excludes halogenated alkanes) is 2. The van der Waals surface area contributed by atoms with Crippen LogP contribution in [0.5, 0.6) is 0 Å². The van der Waals surface area contributed by atoms with E-state index in [0.717, 1.165) is 45.4 Å². The standard InChI is InChI=1S/C13H25NO3/c1-3-17-12(15)7-5-4-6-9-14-13(2)8-10-16-11-13/h14H,3-11H2,1-2H3. The molecule has 1 unspecified atom stereocenters. The average Bonchev–Trinajstić information content (AvgIpc) is 2.71. The van der Waals surface area contributed by atoms with Crippen LogP contribution in [0.1, 0.15) is 46.0 Å². The van der Waals surface area contributed by atoms with Crippen molar-refractivity contribution in [2.75, 3.05) is 26.4 Å². The lowest BCUT2D eigenvalue weighted by molar-refractivity contribution is -0.143. The summed E-state index contributed by atoms with van der Waals surface area (Å²) in [7, 11) is 0. The molecule has 17 heavy (non-hydrogen) atoms. The second-order valence-electron chi connectivity index (χ2n) is 4.91. The fourth-order valence-electron chi connectivity index (χ4n) is 2.00. The van der Waals surface area contributed by atoms with E-state index >= 15 is 0 Å². The van der Waals surface area contributed by atoms with Gasteiger partial charge in [-0.3, -0.25) is 4.79 Å². The fraction of sp³-hybridized carbons (Fsp3) is 0.923. The van der Waals surface area contributed by atoms with Crippen LogP contribution in [0.25, 0.3) is 0 Å². The molecular weight excluding hydrogens is 218 g/mol. The number of hydrogen-bond donors (Lipinski definition) is 1. The molecule has 0 aliphatic carbocycles. The number of carbonyl (C=O) groups excluding carboxylic acids is 1. The summed E-state index contributed by atoms with van der Waals surface area (Å²) in [5, 5.41) is 3.53. The maximum atomic E-state index is 11.1. The third-order valence-corrected chi connectivity index (χ3v) is 3.13. The van der Waals surface area contributed by atoms with E-state index in [9.17, 15) is 4.79 Å². The Balaban J connectivity index is 1.92. The van der Waals surface area contributed by atoms with Gasteiger partial charge in [0.2, 0.25) is 0 Å². The highest BCUT2D eigenvalue weighted by molar-refractivity contribution is 5.69. The molecule has 0 saturated carbocycles. The first-order chi connectivity index (χ1) is 8.16. The zero-order chi connectivity index (χ0) is 12.6. The smallest absolute Gasteiger partial charge is 0.305 e. The third-order valence-electron chi connectivity index (χ3n) is 3.13. The highest BCUT2D eigenvalue weighted by Gasteiger charge is 2.28. The Labute approximate surface area is 104 Å². The Morgan fingerprint density at radius 3 is 2.88 bits per heavy atom. The number of esters is 1. The number of nitrogens with one attached hydrogen (secondary N) is 1. The van der Waals surface area contributed by atoms with Crippen molar-refractivity contribution in [3.05, 3.63) is 0 Å². The molecule has 1 aliphatic heterocycles. The van der Waals surface area contributed by atoms with Crippen molar-refractivity contribution < 1.29 is 14.3 Å². The van der Waals surface area contributed by atoms with Crippen molar-refractivity contribution in [2.45, 2.75) is 51.5 Å². The predicted molar refractivity (Wildman–Crippen MR) is 66.9 cm³/mol. The van der Waals surface area contributed by atoms with Crippen LogP contribution in [-0.2, 0) is 14.3 Å². The van der Waals surface area contributed by atoms with E-state index in [2.05, 4.69) is 12.2 Å². The van der Waals surface area contributed by atoms with Gasteiger partial charge in [0, 0.05) is 18.6 Å². The first-order valence-electron chi connectivity index (χ1n) is 6.65. The number of hydrogen-bond acceptors (Lipinski definition) is 4. The molecule has 4 nitrogen and oxygen atoms in total. The van der Waals surface area contributed by atoms with Crippen LogP contribution in [0.15, 0.2) is 0 Å². The van der Waals surface area contributed by atoms with Gasteiger partial charge in [0.1, 0.15) is 0 Å². The van der Waals surface area contributed by atoms with Crippen LogP contribution in [0.3, 0.4) is 0 Å². The second kappa shape index (κ2) is 7.67. The number of ether oxygens (including phenoxy) is 2. The van der Waals surface area contributed by atoms with Gasteiger partial charge in [-0.15, -0.1) is 0 Å². The lowest BCUT2D eigenvalue weighted by atomic mass is 10.0. The monoisotopic (exact) mass is 243 g/mol. The van der Waals surface area contributed by atoms with Crippen molar-refractivity contribution in [1.29, 1.82) is 0 Å². The zero-order valence-corrected chi connectivity index (χ0v) is 11.1. The van der Waals surface area contributed by atoms with Crippen LogP contribution in [0.2, 0.25) is 0 Å². The van der Waals surface area contributed by atoms with Crippen LogP contribution < -0.4 is 5.32 Å². The van der Waals surface area contributed by atoms with Crippen LogP contribution >= 0.6 is 0 Å². The Kier molecular flexibility index (Phi) is 6.52. The zero-order valence-electron chi connectivity index (χ0n) is 11.1. The lowest BCUT2D eigenvalue weighted by Gasteiger charge is -2.23. The molecule has 0 aromatic heterocycles. The van der Waals surface area contributed by atoms with Gasteiger partial charge >= 0.3 is 5.97 Å². The van der Waals surface area contributed by atoms with Gasteiger partial charge in [0.15, 0.2) is 0 Å². The van der Waals surface area contributed by atoms with Gasteiger partial charge in [-0.25, -0.2) is 0 Å². The average molecular weight is 243 g/mol. The lowest BCUT2D eigenvalue weighted by Crippen LogP contribution is -2.43. The third kappa shape index (κ3) is 6.03. The molecular formula is C13H25NO3. The highest BCUT2D eigenvalue weighted by Crippen LogP contribution is 2.17. The minimum Gasteiger partial charge on any atom is -0.466 e. The van der Waals surface area contributed by atoms with E-state index in [1.165, 1.54) is 0 Å². The molecule has 1 heterocycles. The molecule has 1 aliphatic rings. The van der Waals surface area contributed by atoms with Crippen molar-refractivity contribution in [1.82, 2.24) is 5.32 Å². The summed E-state index contributed by atoms with van der Waals surface area (Å²) in [5.41, 5.74) is 0.168. The van der Waals surface area contributed by atoms with Crippen molar-refractivity contribution >= 4 is 5.97 Å². The molecule has 1 atom stereocenters. The number of rotatable bonds is 8. The van der Waals surface area contributed by atoms with E-state index in [4.69, 9.17) is 9.47 Å². The molecule has 0 aromatic carbocycles. The summed E-state index contributed by atoms with van der Waals surface area (Å²) >= 11 is 0. The van der Waals surface area contributed by atoms with Crippen molar-refractivity contribution in [3.63, 3.8) is 0 Å². The molecule has 0 radical (unpaired) electrons. The van der Waals surface area contributed by atoms with Crippen molar-refractivity contribution in [2.24, 2.45) is 0 Å².